The summed E-state index contributed by atoms with van der Waals surface area (Å²) < 4.78 is 10.4. The Kier molecular flexibility index (Phi) is 8.35. The predicted molar refractivity (Wildman–Crippen MR) is 115 cm³/mol. The van der Waals surface area contributed by atoms with Crippen LogP contribution in [0.2, 0.25) is 0 Å². The maximum atomic E-state index is 12.8. The molecule has 1 atom stereocenters. The van der Waals surface area contributed by atoms with Gasteiger partial charge in [-0.25, -0.2) is 9.78 Å². The summed E-state index contributed by atoms with van der Waals surface area (Å²) in [5, 5.41) is 5.73. The van der Waals surface area contributed by atoms with E-state index < -0.39 is 17.9 Å². The van der Waals surface area contributed by atoms with Crippen molar-refractivity contribution in [2.45, 2.75) is 40.7 Å². The number of carbonyl (C=O) groups excluding carboxylic acids is 3. The average Bonchev–Trinajstić information content (AvgIpc) is 3.06. The number of aryl methyl sites for hydroxylation is 1. The predicted octanol–water partition coefficient (Wildman–Crippen LogP) is 3.42. The molecular formula is C21H27N3O5S. The summed E-state index contributed by atoms with van der Waals surface area (Å²) in [5.41, 5.74) is 0.903. The van der Waals surface area contributed by atoms with E-state index in [1.165, 1.54) is 0 Å². The lowest BCUT2D eigenvalue weighted by Crippen LogP contribution is -2.47. The Bertz CT molecular complexity index is 893. The molecule has 2 rings (SSSR count). The summed E-state index contributed by atoms with van der Waals surface area (Å²) >= 11 is 1.04. The molecule has 2 amide bonds. The van der Waals surface area contributed by atoms with Crippen molar-refractivity contribution in [2.75, 3.05) is 18.5 Å². The highest BCUT2D eigenvalue weighted by Gasteiger charge is 2.26. The number of carbonyl (C=O) groups is 3. The second kappa shape index (κ2) is 10.7. The molecule has 2 N–H and O–H groups in total. The van der Waals surface area contributed by atoms with Gasteiger partial charge in [0.25, 0.3) is 5.91 Å². The van der Waals surface area contributed by atoms with E-state index in [2.05, 4.69) is 15.6 Å². The van der Waals surface area contributed by atoms with Gasteiger partial charge in [0.1, 0.15) is 16.7 Å². The number of thiazole rings is 1. The molecule has 0 aliphatic heterocycles. The van der Waals surface area contributed by atoms with Gasteiger partial charge in [-0.15, -0.1) is 0 Å². The summed E-state index contributed by atoms with van der Waals surface area (Å²) in [7, 11) is 0. The number of rotatable bonds is 9. The van der Waals surface area contributed by atoms with Gasteiger partial charge in [0.15, 0.2) is 5.13 Å². The number of esters is 1. The van der Waals surface area contributed by atoms with Gasteiger partial charge >= 0.3 is 5.97 Å². The van der Waals surface area contributed by atoms with Gasteiger partial charge < -0.3 is 20.1 Å². The molecule has 0 fully saturated rings. The van der Waals surface area contributed by atoms with Crippen LogP contribution in [0.1, 0.15) is 53.4 Å². The van der Waals surface area contributed by atoms with Crippen LogP contribution >= 0.6 is 11.3 Å². The second-order valence-corrected chi connectivity index (χ2v) is 7.79. The number of hydrogen-bond acceptors (Lipinski definition) is 7. The van der Waals surface area contributed by atoms with Gasteiger partial charge in [0, 0.05) is 5.56 Å². The zero-order chi connectivity index (χ0) is 22.3. The molecule has 0 saturated carbocycles. The normalized spacial score (nSPS) is 11.7. The quantitative estimate of drug-likeness (QED) is 0.587. The van der Waals surface area contributed by atoms with Crippen LogP contribution in [0, 0.1) is 12.8 Å². The number of anilines is 1. The Morgan fingerprint density at radius 1 is 1.10 bits per heavy atom. The third kappa shape index (κ3) is 6.03. The second-order valence-electron chi connectivity index (χ2n) is 6.80. The largest absolute Gasteiger partial charge is 0.494 e. The Labute approximate surface area is 180 Å². The van der Waals surface area contributed by atoms with Gasteiger partial charge in [-0.2, -0.15) is 0 Å². The zero-order valence-electron chi connectivity index (χ0n) is 17.8. The van der Waals surface area contributed by atoms with Crippen molar-refractivity contribution in [3.8, 4) is 5.75 Å². The third-order valence-corrected chi connectivity index (χ3v) is 5.20. The van der Waals surface area contributed by atoms with Crippen LogP contribution in [-0.2, 0) is 9.53 Å². The summed E-state index contributed by atoms with van der Waals surface area (Å²) in [5.74, 6) is -0.744. The van der Waals surface area contributed by atoms with Crippen molar-refractivity contribution in [2.24, 2.45) is 5.92 Å². The van der Waals surface area contributed by atoms with Crippen LogP contribution in [0.4, 0.5) is 5.13 Å². The molecule has 162 valence electrons. The van der Waals surface area contributed by atoms with Crippen LogP contribution in [-0.4, -0.2) is 42.0 Å². The molecular weight excluding hydrogens is 406 g/mol. The van der Waals surface area contributed by atoms with E-state index in [1.54, 1.807) is 38.1 Å². The summed E-state index contributed by atoms with van der Waals surface area (Å²) in [6, 6.07) is 5.92. The number of nitrogens with one attached hydrogen (secondary N) is 2. The van der Waals surface area contributed by atoms with Crippen LogP contribution in [0.5, 0.6) is 5.75 Å². The summed E-state index contributed by atoms with van der Waals surface area (Å²) in [6.45, 7) is 9.73. The van der Waals surface area contributed by atoms with E-state index in [1.807, 2.05) is 20.8 Å². The average molecular weight is 434 g/mol. The summed E-state index contributed by atoms with van der Waals surface area (Å²) in [6.07, 6.45) is 0. The Morgan fingerprint density at radius 3 is 2.33 bits per heavy atom. The number of ether oxygens (including phenoxy) is 2. The highest BCUT2D eigenvalue weighted by molar-refractivity contribution is 7.17. The van der Waals surface area contributed by atoms with E-state index in [-0.39, 0.29) is 23.6 Å². The molecule has 0 aliphatic rings. The number of hydrogen-bond donors (Lipinski definition) is 2. The first-order chi connectivity index (χ1) is 14.3. The van der Waals surface area contributed by atoms with Crippen molar-refractivity contribution >= 4 is 34.3 Å². The van der Waals surface area contributed by atoms with Crippen molar-refractivity contribution in [1.82, 2.24) is 10.3 Å². The van der Waals surface area contributed by atoms with Crippen LogP contribution in [0.3, 0.4) is 0 Å². The fraction of sp³-hybridized carbons (Fsp3) is 0.429. The lowest BCUT2D eigenvalue weighted by atomic mass is 10.0. The maximum Gasteiger partial charge on any atom is 0.350 e. The van der Waals surface area contributed by atoms with E-state index in [9.17, 15) is 14.4 Å². The minimum atomic E-state index is -0.778. The van der Waals surface area contributed by atoms with Crippen LogP contribution < -0.4 is 15.4 Å². The molecule has 0 bridgehead atoms. The zero-order valence-corrected chi connectivity index (χ0v) is 18.6. The fourth-order valence-electron chi connectivity index (χ4n) is 2.65. The van der Waals surface area contributed by atoms with Gasteiger partial charge in [-0.1, -0.05) is 25.2 Å². The van der Waals surface area contributed by atoms with Gasteiger partial charge in [0.05, 0.1) is 18.9 Å². The molecule has 30 heavy (non-hydrogen) atoms. The van der Waals surface area contributed by atoms with E-state index in [0.717, 1.165) is 11.3 Å². The highest BCUT2D eigenvalue weighted by atomic mass is 32.1. The minimum Gasteiger partial charge on any atom is -0.494 e. The fourth-order valence-corrected chi connectivity index (χ4v) is 3.51. The molecule has 2 aromatic rings. The van der Waals surface area contributed by atoms with E-state index in [0.29, 0.717) is 28.5 Å². The molecule has 8 nitrogen and oxygen atoms in total. The van der Waals surface area contributed by atoms with Crippen molar-refractivity contribution in [1.29, 1.82) is 0 Å². The van der Waals surface area contributed by atoms with Gasteiger partial charge in [-0.05, 0) is 51.0 Å². The topological polar surface area (TPSA) is 107 Å². The number of benzene rings is 1. The van der Waals surface area contributed by atoms with E-state index >= 15 is 0 Å². The lowest BCUT2D eigenvalue weighted by Gasteiger charge is -2.21. The molecule has 0 aliphatic carbocycles. The Hall–Kier alpha value is -2.94. The Morgan fingerprint density at radius 2 is 1.77 bits per heavy atom. The molecule has 1 aromatic carbocycles. The highest BCUT2D eigenvalue weighted by Crippen LogP contribution is 2.24. The van der Waals surface area contributed by atoms with Crippen LogP contribution in [0.25, 0.3) is 0 Å². The van der Waals surface area contributed by atoms with Gasteiger partial charge in [-0.3, -0.25) is 9.59 Å². The standard InChI is InChI=1S/C21H27N3O5S/c1-6-28-15-10-8-14(9-11-15)18(25)23-16(12(3)4)19(26)24-21-22-13(5)17(30-21)20(27)29-7-2/h8-12,16H,6-7H2,1-5H3,(H,23,25)(H,22,24,26). The number of nitrogens with zero attached hydrogens (tertiary/aromatic N) is 1. The molecule has 0 saturated heterocycles. The Balaban J connectivity index is 2.08. The molecule has 1 unspecified atom stereocenters. The third-order valence-electron chi connectivity index (χ3n) is 4.15. The van der Waals surface area contributed by atoms with Crippen LogP contribution in [0.15, 0.2) is 24.3 Å². The summed E-state index contributed by atoms with van der Waals surface area (Å²) in [4.78, 5) is 41.9. The van der Waals surface area contributed by atoms with Gasteiger partial charge in [0.2, 0.25) is 5.91 Å². The number of amides is 2. The first-order valence-corrected chi connectivity index (χ1v) is 10.6. The molecule has 1 aromatic heterocycles. The SMILES string of the molecule is CCOC(=O)c1sc(NC(=O)C(NC(=O)c2ccc(OCC)cc2)C(C)C)nc1C. The molecule has 9 heteroatoms. The molecule has 0 radical (unpaired) electrons. The first-order valence-electron chi connectivity index (χ1n) is 9.75. The first kappa shape index (κ1) is 23.3. The van der Waals surface area contributed by atoms with Crippen molar-refractivity contribution in [3.63, 3.8) is 0 Å². The maximum absolute atomic E-state index is 12.8. The molecule has 1 heterocycles. The smallest absolute Gasteiger partial charge is 0.350 e. The van der Waals surface area contributed by atoms with Crippen molar-refractivity contribution in [3.05, 3.63) is 40.4 Å². The van der Waals surface area contributed by atoms with E-state index in [4.69, 9.17) is 9.47 Å². The lowest BCUT2D eigenvalue weighted by molar-refractivity contribution is -0.118. The number of aromatic nitrogens is 1. The monoisotopic (exact) mass is 433 g/mol. The van der Waals surface area contributed by atoms with Crippen molar-refractivity contribution < 1.29 is 23.9 Å². The molecule has 0 spiro atoms. The minimum absolute atomic E-state index is 0.165.